The van der Waals surface area contributed by atoms with E-state index in [1.165, 1.54) is 25.5 Å². The lowest BCUT2D eigenvalue weighted by Crippen LogP contribution is -2.46. The second-order valence-corrected chi connectivity index (χ2v) is 6.24. The highest BCUT2D eigenvalue weighted by molar-refractivity contribution is 6.58. The van der Waals surface area contributed by atoms with E-state index >= 15 is 0 Å². The zero-order chi connectivity index (χ0) is 14.8. The highest BCUT2D eigenvalue weighted by Gasteiger charge is 2.26. The summed E-state index contributed by atoms with van der Waals surface area (Å²) in [6, 6.07) is 4.44. The van der Waals surface area contributed by atoms with E-state index in [4.69, 9.17) is 10.0 Å². The monoisotopic (exact) mass is 292 g/mol. The Kier molecular flexibility index (Phi) is 4.59. The van der Waals surface area contributed by atoms with E-state index in [1.54, 1.807) is 12.1 Å². The molecule has 0 aromatic heterocycles. The molecule has 0 unspecified atom stereocenters. The van der Waals surface area contributed by atoms with Crippen molar-refractivity contribution in [3.63, 3.8) is 0 Å². The SMILES string of the molecule is OB(O)c1ccc(CN2CCN(CC3CC3)CC2)c(F)c1. The van der Waals surface area contributed by atoms with Crippen LogP contribution in [0.3, 0.4) is 0 Å². The maximum absolute atomic E-state index is 14.0. The van der Waals surface area contributed by atoms with Crippen LogP contribution in [0.1, 0.15) is 18.4 Å². The molecule has 2 aliphatic rings. The highest BCUT2D eigenvalue weighted by Crippen LogP contribution is 2.30. The Bertz CT molecular complexity index is 489. The zero-order valence-corrected chi connectivity index (χ0v) is 12.2. The van der Waals surface area contributed by atoms with Crippen molar-refractivity contribution >= 4 is 12.6 Å². The molecule has 0 amide bonds. The number of hydrogen-bond acceptors (Lipinski definition) is 4. The molecule has 1 aliphatic heterocycles. The van der Waals surface area contributed by atoms with E-state index in [9.17, 15) is 4.39 Å². The van der Waals surface area contributed by atoms with E-state index in [0.717, 1.165) is 32.1 Å². The van der Waals surface area contributed by atoms with Gasteiger partial charge in [0.05, 0.1) is 0 Å². The first-order chi connectivity index (χ1) is 10.1. The average molecular weight is 292 g/mol. The van der Waals surface area contributed by atoms with Gasteiger partial charge in [-0.1, -0.05) is 12.1 Å². The second-order valence-electron chi connectivity index (χ2n) is 6.24. The summed E-state index contributed by atoms with van der Waals surface area (Å²) in [6.07, 6.45) is 2.77. The van der Waals surface area contributed by atoms with Crippen LogP contribution in [0, 0.1) is 11.7 Å². The standard InChI is InChI=1S/C15H22BFN2O2/c17-15-9-14(16(20)21)4-3-13(15)11-19-7-5-18(6-8-19)10-12-1-2-12/h3-4,9,12,20-21H,1-2,5-8,10-11H2. The van der Waals surface area contributed by atoms with Crippen LogP contribution < -0.4 is 5.46 Å². The lowest BCUT2D eigenvalue weighted by atomic mass is 9.80. The first-order valence-electron chi connectivity index (χ1n) is 7.71. The van der Waals surface area contributed by atoms with Gasteiger partial charge in [-0.3, -0.25) is 4.90 Å². The van der Waals surface area contributed by atoms with Crippen LogP contribution in [0.5, 0.6) is 0 Å². The third kappa shape index (κ3) is 4.04. The number of nitrogens with zero attached hydrogens (tertiary/aromatic N) is 2. The molecular weight excluding hydrogens is 270 g/mol. The van der Waals surface area contributed by atoms with Gasteiger partial charge in [0.1, 0.15) is 5.82 Å². The summed E-state index contributed by atoms with van der Waals surface area (Å²) < 4.78 is 14.0. The quantitative estimate of drug-likeness (QED) is 0.752. The fraction of sp³-hybridized carbons (Fsp3) is 0.600. The van der Waals surface area contributed by atoms with E-state index < -0.39 is 7.12 Å². The van der Waals surface area contributed by atoms with Crippen molar-refractivity contribution in [2.45, 2.75) is 19.4 Å². The predicted octanol–water partition coefficient (Wildman–Crippen LogP) is 0.0331. The number of benzene rings is 1. The molecule has 6 heteroatoms. The van der Waals surface area contributed by atoms with Crippen LogP contribution in [0.4, 0.5) is 4.39 Å². The summed E-state index contributed by atoms with van der Waals surface area (Å²) in [5.41, 5.74) is 0.820. The van der Waals surface area contributed by atoms with Gasteiger partial charge >= 0.3 is 7.12 Å². The number of rotatable bonds is 5. The minimum atomic E-state index is -1.61. The molecule has 0 bridgehead atoms. The Morgan fingerprint density at radius 2 is 1.76 bits per heavy atom. The Hall–Kier alpha value is -0.945. The Balaban J connectivity index is 1.52. The lowest BCUT2D eigenvalue weighted by Gasteiger charge is -2.34. The summed E-state index contributed by atoms with van der Waals surface area (Å²) in [4.78, 5) is 4.77. The number of halogens is 1. The maximum atomic E-state index is 14.0. The van der Waals surface area contributed by atoms with Crippen molar-refractivity contribution in [2.24, 2.45) is 5.92 Å². The first kappa shape index (κ1) is 15.0. The van der Waals surface area contributed by atoms with Crippen LogP contribution in [-0.2, 0) is 6.54 Å². The fourth-order valence-corrected chi connectivity index (χ4v) is 2.89. The zero-order valence-electron chi connectivity index (χ0n) is 12.2. The van der Waals surface area contributed by atoms with Crippen LogP contribution in [0.2, 0.25) is 0 Å². The molecule has 2 fully saturated rings. The summed E-state index contributed by atoms with van der Waals surface area (Å²) >= 11 is 0. The molecule has 2 N–H and O–H groups in total. The Morgan fingerprint density at radius 3 is 2.33 bits per heavy atom. The normalized spacial score (nSPS) is 20.7. The topological polar surface area (TPSA) is 46.9 Å². The van der Waals surface area contributed by atoms with E-state index in [-0.39, 0.29) is 11.3 Å². The summed E-state index contributed by atoms with van der Waals surface area (Å²) in [6.45, 7) is 5.88. The molecule has 1 saturated heterocycles. The molecule has 4 nitrogen and oxygen atoms in total. The van der Waals surface area contributed by atoms with Crippen LogP contribution in [0.25, 0.3) is 0 Å². The van der Waals surface area contributed by atoms with Crippen molar-refractivity contribution in [3.8, 4) is 0 Å². The van der Waals surface area contributed by atoms with Gasteiger partial charge in [-0.2, -0.15) is 0 Å². The molecule has 1 aromatic rings. The van der Waals surface area contributed by atoms with Crippen LogP contribution >= 0.6 is 0 Å². The maximum Gasteiger partial charge on any atom is 0.488 e. The summed E-state index contributed by atoms with van der Waals surface area (Å²) in [7, 11) is -1.61. The molecule has 1 aromatic carbocycles. The first-order valence-corrected chi connectivity index (χ1v) is 7.71. The molecule has 1 saturated carbocycles. The third-order valence-corrected chi connectivity index (χ3v) is 4.45. The molecule has 0 atom stereocenters. The van der Waals surface area contributed by atoms with Gasteiger partial charge in [0.2, 0.25) is 0 Å². The Morgan fingerprint density at radius 1 is 1.10 bits per heavy atom. The molecule has 3 rings (SSSR count). The molecule has 1 aliphatic carbocycles. The molecule has 0 spiro atoms. The van der Waals surface area contributed by atoms with Gasteiger partial charge < -0.3 is 14.9 Å². The van der Waals surface area contributed by atoms with Gasteiger partial charge in [0.25, 0.3) is 0 Å². The van der Waals surface area contributed by atoms with Gasteiger partial charge in [0, 0.05) is 44.8 Å². The smallest absolute Gasteiger partial charge is 0.423 e. The lowest BCUT2D eigenvalue weighted by molar-refractivity contribution is 0.122. The number of piperazine rings is 1. The van der Waals surface area contributed by atoms with Crippen molar-refractivity contribution in [1.82, 2.24) is 9.80 Å². The van der Waals surface area contributed by atoms with Gasteiger partial charge in [0.15, 0.2) is 0 Å². The minimum absolute atomic E-state index is 0.200. The molecule has 0 radical (unpaired) electrons. The van der Waals surface area contributed by atoms with Crippen LogP contribution in [0.15, 0.2) is 18.2 Å². The van der Waals surface area contributed by atoms with Crippen molar-refractivity contribution in [1.29, 1.82) is 0 Å². The van der Waals surface area contributed by atoms with Gasteiger partial charge in [-0.15, -0.1) is 0 Å². The predicted molar refractivity (Wildman–Crippen MR) is 80.7 cm³/mol. The highest BCUT2D eigenvalue weighted by atomic mass is 19.1. The molecular formula is C15H22BFN2O2. The molecule has 114 valence electrons. The fourth-order valence-electron chi connectivity index (χ4n) is 2.89. The molecule has 21 heavy (non-hydrogen) atoms. The van der Waals surface area contributed by atoms with Crippen molar-refractivity contribution < 1.29 is 14.4 Å². The second kappa shape index (κ2) is 6.44. The van der Waals surface area contributed by atoms with E-state index in [1.807, 2.05) is 0 Å². The number of hydrogen-bond donors (Lipinski definition) is 2. The van der Waals surface area contributed by atoms with Crippen molar-refractivity contribution in [3.05, 3.63) is 29.6 Å². The summed E-state index contributed by atoms with van der Waals surface area (Å²) in [5.74, 6) is 0.562. The van der Waals surface area contributed by atoms with Crippen LogP contribution in [-0.4, -0.2) is 59.7 Å². The van der Waals surface area contributed by atoms with Gasteiger partial charge in [-0.25, -0.2) is 4.39 Å². The largest absolute Gasteiger partial charge is 0.488 e. The van der Waals surface area contributed by atoms with Crippen molar-refractivity contribution in [2.75, 3.05) is 32.7 Å². The molecule has 1 heterocycles. The van der Waals surface area contributed by atoms with E-state index in [2.05, 4.69) is 9.80 Å². The minimum Gasteiger partial charge on any atom is -0.423 e. The summed E-state index contributed by atoms with van der Waals surface area (Å²) in [5, 5.41) is 18.1. The van der Waals surface area contributed by atoms with E-state index in [0.29, 0.717) is 12.1 Å². The third-order valence-electron chi connectivity index (χ3n) is 4.45. The van der Waals surface area contributed by atoms with Gasteiger partial charge in [-0.05, 0) is 30.3 Å². The average Bonchev–Trinajstić information content (AvgIpc) is 3.27. The Labute approximate surface area is 125 Å².